The standard InChI is InChI=1S/C13H10F2N2O3S/c1-7-2-3-9(21-7)6-16-13(18)10-4-8(14)5-11(12(10)15)17(19)20/h2-5H,6H2,1H3,(H,16,18). The number of rotatable bonds is 4. The van der Waals surface area contributed by atoms with Crippen LogP contribution in [0.2, 0.25) is 0 Å². The highest BCUT2D eigenvalue weighted by Crippen LogP contribution is 2.22. The average Bonchev–Trinajstić information content (AvgIpc) is 2.83. The van der Waals surface area contributed by atoms with E-state index >= 15 is 0 Å². The quantitative estimate of drug-likeness (QED) is 0.696. The van der Waals surface area contributed by atoms with Crippen LogP contribution in [0.3, 0.4) is 0 Å². The Balaban J connectivity index is 2.21. The van der Waals surface area contributed by atoms with Crippen LogP contribution in [-0.4, -0.2) is 10.8 Å². The van der Waals surface area contributed by atoms with Crippen molar-refractivity contribution in [2.24, 2.45) is 0 Å². The fourth-order valence-corrected chi connectivity index (χ4v) is 2.55. The second kappa shape index (κ2) is 5.96. The van der Waals surface area contributed by atoms with Gasteiger partial charge < -0.3 is 5.32 Å². The zero-order valence-electron chi connectivity index (χ0n) is 10.9. The first-order chi connectivity index (χ1) is 9.88. The Morgan fingerprint density at radius 2 is 2.10 bits per heavy atom. The molecule has 0 aliphatic carbocycles. The van der Waals surface area contributed by atoms with Crippen LogP contribution in [0.15, 0.2) is 24.3 Å². The highest BCUT2D eigenvalue weighted by molar-refractivity contribution is 7.11. The van der Waals surface area contributed by atoms with Crippen molar-refractivity contribution in [3.63, 3.8) is 0 Å². The predicted molar refractivity (Wildman–Crippen MR) is 73.2 cm³/mol. The van der Waals surface area contributed by atoms with Crippen LogP contribution >= 0.6 is 11.3 Å². The number of hydrogen-bond donors (Lipinski definition) is 1. The van der Waals surface area contributed by atoms with Crippen LogP contribution in [0.1, 0.15) is 20.1 Å². The van der Waals surface area contributed by atoms with E-state index in [9.17, 15) is 23.7 Å². The van der Waals surface area contributed by atoms with Crippen molar-refractivity contribution in [3.05, 3.63) is 61.3 Å². The van der Waals surface area contributed by atoms with Crippen molar-refractivity contribution >= 4 is 22.9 Å². The molecule has 8 heteroatoms. The number of nitro benzene ring substituents is 1. The lowest BCUT2D eigenvalue weighted by molar-refractivity contribution is -0.387. The molecule has 1 heterocycles. The van der Waals surface area contributed by atoms with Gasteiger partial charge in [0.15, 0.2) is 0 Å². The first-order valence-electron chi connectivity index (χ1n) is 5.85. The second-order valence-corrected chi connectivity index (χ2v) is 5.61. The minimum atomic E-state index is -1.35. The van der Waals surface area contributed by atoms with E-state index in [-0.39, 0.29) is 6.54 Å². The summed E-state index contributed by atoms with van der Waals surface area (Å²) in [5.41, 5.74) is -1.75. The van der Waals surface area contributed by atoms with Crippen molar-refractivity contribution in [2.45, 2.75) is 13.5 Å². The molecular formula is C13H10F2N2O3S. The number of benzene rings is 1. The fourth-order valence-electron chi connectivity index (χ4n) is 1.72. The number of nitro groups is 1. The molecule has 110 valence electrons. The maximum Gasteiger partial charge on any atom is 0.308 e. The maximum atomic E-state index is 13.8. The predicted octanol–water partition coefficient (Wildman–Crippen LogP) is 3.17. The summed E-state index contributed by atoms with van der Waals surface area (Å²) < 4.78 is 27.1. The summed E-state index contributed by atoms with van der Waals surface area (Å²) in [5, 5.41) is 13.0. The number of nitrogens with one attached hydrogen (secondary N) is 1. The van der Waals surface area contributed by atoms with Gasteiger partial charge in [-0.1, -0.05) is 0 Å². The summed E-state index contributed by atoms with van der Waals surface area (Å²) in [6.07, 6.45) is 0. The van der Waals surface area contributed by atoms with Crippen molar-refractivity contribution < 1.29 is 18.5 Å². The number of thiophene rings is 1. The molecule has 0 fully saturated rings. The zero-order chi connectivity index (χ0) is 15.6. The van der Waals surface area contributed by atoms with Crippen molar-refractivity contribution in [2.75, 3.05) is 0 Å². The van der Waals surface area contributed by atoms with E-state index in [1.54, 1.807) is 6.07 Å². The maximum absolute atomic E-state index is 13.8. The van der Waals surface area contributed by atoms with Gasteiger partial charge in [0.05, 0.1) is 23.1 Å². The largest absolute Gasteiger partial charge is 0.347 e. The molecule has 1 aromatic heterocycles. The first-order valence-corrected chi connectivity index (χ1v) is 6.67. The Morgan fingerprint density at radius 1 is 1.38 bits per heavy atom. The van der Waals surface area contributed by atoms with Gasteiger partial charge in [-0.05, 0) is 25.1 Å². The van der Waals surface area contributed by atoms with Gasteiger partial charge in [0.25, 0.3) is 5.91 Å². The van der Waals surface area contributed by atoms with E-state index in [4.69, 9.17) is 0 Å². The van der Waals surface area contributed by atoms with Crippen LogP contribution in [0.5, 0.6) is 0 Å². The monoisotopic (exact) mass is 312 g/mol. The van der Waals surface area contributed by atoms with Gasteiger partial charge in [-0.2, -0.15) is 4.39 Å². The normalized spacial score (nSPS) is 10.4. The van der Waals surface area contributed by atoms with Crippen LogP contribution in [0, 0.1) is 28.7 Å². The van der Waals surface area contributed by atoms with Crippen molar-refractivity contribution in [1.82, 2.24) is 5.32 Å². The molecule has 0 spiro atoms. The number of halogens is 2. The average molecular weight is 312 g/mol. The van der Waals surface area contributed by atoms with Gasteiger partial charge in [0, 0.05) is 9.75 Å². The highest BCUT2D eigenvalue weighted by atomic mass is 32.1. The summed E-state index contributed by atoms with van der Waals surface area (Å²) >= 11 is 1.45. The Labute approximate surface area is 122 Å². The SMILES string of the molecule is Cc1ccc(CNC(=O)c2cc(F)cc([N+](=O)[O-])c2F)s1. The molecule has 0 aliphatic rings. The van der Waals surface area contributed by atoms with E-state index in [1.165, 1.54) is 11.3 Å². The number of hydrogen-bond acceptors (Lipinski definition) is 4. The number of carbonyl (C=O) groups is 1. The first kappa shape index (κ1) is 15.0. The van der Waals surface area contributed by atoms with Gasteiger partial charge in [0.1, 0.15) is 5.82 Å². The molecule has 0 atom stereocenters. The lowest BCUT2D eigenvalue weighted by Gasteiger charge is -2.05. The molecule has 0 saturated carbocycles. The fraction of sp³-hybridized carbons (Fsp3) is 0.154. The molecule has 0 bridgehead atoms. The third-order valence-corrected chi connectivity index (χ3v) is 3.68. The number of carbonyl (C=O) groups excluding carboxylic acids is 1. The van der Waals surface area contributed by atoms with Gasteiger partial charge in [-0.25, -0.2) is 4.39 Å². The molecule has 0 aliphatic heterocycles. The van der Waals surface area contributed by atoms with Gasteiger partial charge in [-0.15, -0.1) is 11.3 Å². The van der Waals surface area contributed by atoms with Gasteiger partial charge in [0.2, 0.25) is 5.82 Å². The van der Waals surface area contributed by atoms with Gasteiger partial charge in [-0.3, -0.25) is 14.9 Å². The third-order valence-electron chi connectivity index (χ3n) is 2.68. The number of nitrogens with zero attached hydrogens (tertiary/aromatic N) is 1. The molecule has 0 radical (unpaired) electrons. The number of amides is 1. The van der Waals surface area contributed by atoms with E-state index in [0.29, 0.717) is 12.1 Å². The minimum absolute atomic E-state index is 0.140. The molecule has 1 N–H and O–H groups in total. The molecule has 21 heavy (non-hydrogen) atoms. The Bertz CT molecular complexity index is 715. The van der Waals surface area contributed by atoms with E-state index in [0.717, 1.165) is 9.75 Å². The summed E-state index contributed by atoms with van der Waals surface area (Å²) in [7, 11) is 0. The summed E-state index contributed by atoms with van der Waals surface area (Å²) in [4.78, 5) is 23.3. The van der Waals surface area contributed by atoms with E-state index in [2.05, 4.69) is 5.32 Å². The van der Waals surface area contributed by atoms with Crippen molar-refractivity contribution in [3.8, 4) is 0 Å². The molecular weight excluding hydrogens is 302 g/mol. The van der Waals surface area contributed by atoms with E-state index in [1.807, 2.05) is 13.0 Å². The van der Waals surface area contributed by atoms with Gasteiger partial charge >= 0.3 is 5.69 Å². The molecule has 1 amide bonds. The molecule has 5 nitrogen and oxygen atoms in total. The molecule has 1 aromatic carbocycles. The number of aryl methyl sites for hydroxylation is 1. The molecule has 2 aromatic rings. The molecule has 0 unspecified atom stereocenters. The van der Waals surface area contributed by atoms with Crippen molar-refractivity contribution in [1.29, 1.82) is 0 Å². The second-order valence-electron chi connectivity index (χ2n) is 4.24. The lowest BCUT2D eigenvalue weighted by atomic mass is 10.1. The summed E-state index contributed by atoms with van der Waals surface area (Å²) in [5.74, 6) is -3.29. The Kier molecular flexibility index (Phi) is 4.27. The van der Waals surface area contributed by atoms with Crippen LogP contribution in [-0.2, 0) is 6.54 Å². The smallest absolute Gasteiger partial charge is 0.308 e. The van der Waals surface area contributed by atoms with Crippen LogP contribution < -0.4 is 5.32 Å². The van der Waals surface area contributed by atoms with Crippen LogP contribution in [0.25, 0.3) is 0 Å². The summed E-state index contributed by atoms with van der Waals surface area (Å²) in [6.45, 7) is 2.03. The Hall–Kier alpha value is -2.35. The zero-order valence-corrected chi connectivity index (χ0v) is 11.7. The van der Waals surface area contributed by atoms with Crippen LogP contribution in [0.4, 0.5) is 14.5 Å². The summed E-state index contributed by atoms with van der Waals surface area (Å²) in [6, 6.07) is 4.73. The van der Waals surface area contributed by atoms with E-state index < -0.39 is 33.7 Å². The molecule has 0 saturated heterocycles. The Morgan fingerprint density at radius 3 is 2.67 bits per heavy atom. The highest BCUT2D eigenvalue weighted by Gasteiger charge is 2.24. The topological polar surface area (TPSA) is 72.2 Å². The lowest BCUT2D eigenvalue weighted by Crippen LogP contribution is -2.24. The minimum Gasteiger partial charge on any atom is -0.347 e. The third kappa shape index (κ3) is 3.40. The molecule has 2 rings (SSSR count).